The molecule has 1 aromatic rings. The van der Waals surface area contributed by atoms with Gasteiger partial charge in [0.1, 0.15) is 0 Å². The van der Waals surface area contributed by atoms with Crippen LogP contribution in [0, 0.1) is 5.92 Å². The highest BCUT2D eigenvalue weighted by Crippen LogP contribution is 2.40. The monoisotopic (exact) mass is 528 g/mol. The van der Waals surface area contributed by atoms with Gasteiger partial charge in [0.25, 0.3) is 0 Å². The first-order valence-corrected chi connectivity index (χ1v) is 13.6. The van der Waals surface area contributed by atoms with Crippen molar-refractivity contribution in [3.8, 4) is 11.5 Å². The first kappa shape index (κ1) is 27.8. The van der Waals surface area contributed by atoms with Gasteiger partial charge in [-0.25, -0.2) is 9.59 Å². The number of ether oxygens (including phenoxy) is 3. The maximum absolute atomic E-state index is 13.4. The van der Waals surface area contributed by atoms with Crippen LogP contribution in [0.2, 0.25) is 0 Å². The van der Waals surface area contributed by atoms with Crippen molar-refractivity contribution in [1.82, 2.24) is 20.0 Å². The predicted octanol–water partition coefficient (Wildman–Crippen LogP) is 2.94. The number of benzene rings is 1. The zero-order valence-corrected chi connectivity index (χ0v) is 23.0. The lowest BCUT2D eigenvalue weighted by molar-refractivity contribution is -0.139. The molecule has 2 aliphatic heterocycles. The number of amides is 3. The first-order valence-electron chi connectivity index (χ1n) is 13.6. The van der Waals surface area contributed by atoms with Crippen molar-refractivity contribution >= 4 is 17.9 Å². The number of nitrogens with one attached hydrogen (secondary N) is 1. The highest BCUT2D eigenvalue weighted by atomic mass is 16.5. The Morgan fingerprint density at radius 3 is 2.47 bits per heavy atom. The molecular weight excluding hydrogens is 488 g/mol. The van der Waals surface area contributed by atoms with Crippen LogP contribution in [0.1, 0.15) is 50.6 Å². The molecule has 0 spiro atoms. The summed E-state index contributed by atoms with van der Waals surface area (Å²) < 4.78 is 16.6. The molecule has 38 heavy (non-hydrogen) atoms. The minimum atomic E-state index is -0.773. The van der Waals surface area contributed by atoms with E-state index in [1.807, 2.05) is 11.0 Å². The Balaban J connectivity index is 1.65. The van der Waals surface area contributed by atoms with E-state index in [-0.39, 0.29) is 24.5 Å². The van der Waals surface area contributed by atoms with Crippen molar-refractivity contribution in [2.45, 2.75) is 45.1 Å². The van der Waals surface area contributed by atoms with Crippen LogP contribution >= 0.6 is 0 Å². The average Bonchev–Trinajstić information content (AvgIpc) is 3.36. The molecule has 1 saturated carbocycles. The van der Waals surface area contributed by atoms with Gasteiger partial charge in [-0.05, 0) is 32.3 Å². The molecule has 4 rings (SSSR count). The zero-order chi connectivity index (χ0) is 27.2. The molecule has 3 amide bonds. The van der Waals surface area contributed by atoms with E-state index < -0.39 is 12.0 Å². The van der Waals surface area contributed by atoms with E-state index in [1.54, 1.807) is 33.2 Å². The van der Waals surface area contributed by atoms with Crippen molar-refractivity contribution in [3.63, 3.8) is 0 Å². The summed E-state index contributed by atoms with van der Waals surface area (Å²) >= 11 is 0. The molecule has 208 valence electrons. The number of hydrogen-bond donors (Lipinski definition) is 1. The number of carbonyl (C=O) groups excluding carboxylic acids is 3. The number of rotatable bonds is 8. The fourth-order valence-corrected chi connectivity index (χ4v) is 5.76. The van der Waals surface area contributed by atoms with Crippen LogP contribution in [-0.2, 0) is 14.3 Å². The van der Waals surface area contributed by atoms with Crippen LogP contribution in [0.5, 0.6) is 11.5 Å². The van der Waals surface area contributed by atoms with Crippen LogP contribution in [-0.4, -0.2) is 93.2 Å². The first-order chi connectivity index (χ1) is 18.4. The number of carbonyl (C=O) groups is 3. The van der Waals surface area contributed by atoms with E-state index in [4.69, 9.17) is 14.2 Å². The lowest BCUT2D eigenvalue weighted by Crippen LogP contribution is -2.49. The van der Waals surface area contributed by atoms with Gasteiger partial charge in [0.05, 0.1) is 32.4 Å². The molecule has 1 aromatic carbocycles. The third kappa shape index (κ3) is 5.75. The van der Waals surface area contributed by atoms with Crippen LogP contribution in [0.3, 0.4) is 0 Å². The van der Waals surface area contributed by atoms with Gasteiger partial charge in [-0.1, -0.05) is 25.0 Å². The summed E-state index contributed by atoms with van der Waals surface area (Å²) in [6.07, 6.45) is 5.08. The van der Waals surface area contributed by atoms with Crippen LogP contribution in [0.25, 0.3) is 0 Å². The molecule has 2 fully saturated rings. The summed E-state index contributed by atoms with van der Waals surface area (Å²) in [6.45, 7) is 5.14. The maximum Gasteiger partial charge on any atom is 0.338 e. The smallest absolute Gasteiger partial charge is 0.338 e. The maximum atomic E-state index is 13.4. The van der Waals surface area contributed by atoms with Crippen LogP contribution in [0.4, 0.5) is 4.79 Å². The minimum absolute atomic E-state index is 0.159. The van der Waals surface area contributed by atoms with Crippen molar-refractivity contribution < 1.29 is 28.6 Å². The molecule has 10 nitrogen and oxygen atoms in total. The number of methoxy groups -OCH3 is 2. The molecule has 10 heteroatoms. The Morgan fingerprint density at radius 1 is 1.03 bits per heavy atom. The Labute approximate surface area is 224 Å². The molecule has 0 bridgehead atoms. The number of hydrogen-bond acceptors (Lipinski definition) is 7. The average molecular weight is 529 g/mol. The summed E-state index contributed by atoms with van der Waals surface area (Å²) in [5.41, 5.74) is 1.55. The Hall–Kier alpha value is -3.27. The molecule has 1 aliphatic carbocycles. The predicted molar refractivity (Wildman–Crippen MR) is 142 cm³/mol. The molecule has 2 heterocycles. The number of urea groups is 1. The fraction of sp³-hybridized carbons (Fsp3) is 0.607. The zero-order valence-electron chi connectivity index (χ0n) is 23.0. The molecule has 0 aromatic heterocycles. The van der Waals surface area contributed by atoms with Crippen molar-refractivity contribution in [3.05, 3.63) is 35.0 Å². The second-order valence-corrected chi connectivity index (χ2v) is 10.0. The number of esters is 1. The Bertz CT molecular complexity index is 1070. The van der Waals surface area contributed by atoms with Gasteiger partial charge in [-0.2, -0.15) is 0 Å². The van der Waals surface area contributed by atoms with Gasteiger partial charge in [0.2, 0.25) is 5.91 Å². The van der Waals surface area contributed by atoms with Gasteiger partial charge in [0, 0.05) is 56.9 Å². The highest BCUT2D eigenvalue weighted by Gasteiger charge is 2.39. The normalized spacial score (nSPS) is 21.3. The van der Waals surface area contributed by atoms with Gasteiger partial charge in [-0.15, -0.1) is 0 Å². The standard InChI is InChI=1S/C28H40N4O6/c1-5-38-27(34)23-21(18-31-14-9-15-32(17-16-31)26(33)19-10-6-7-11-19)30(2)28(35)29-24(23)20-12-8-13-22(36-3)25(20)37-4/h8,12-13,19,24H,5-7,9-11,14-18H2,1-4H3,(H,29,35). The van der Waals surface area contributed by atoms with Crippen molar-refractivity contribution in [2.75, 3.05) is 60.6 Å². The lowest BCUT2D eigenvalue weighted by Gasteiger charge is -2.37. The van der Waals surface area contributed by atoms with E-state index in [9.17, 15) is 14.4 Å². The third-order valence-electron chi connectivity index (χ3n) is 7.79. The summed E-state index contributed by atoms with van der Waals surface area (Å²) in [4.78, 5) is 45.3. The second kappa shape index (κ2) is 12.5. The molecule has 1 N–H and O–H groups in total. The van der Waals surface area contributed by atoms with Gasteiger partial charge in [-0.3, -0.25) is 14.6 Å². The SMILES string of the molecule is CCOC(=O)C1=C(CN2CCCN(C(=O)C3CCCC3)CC2)N(C)C(=O)NC1c1cccc(OC)c1OC. The molecule has 1 unspecified atom stereocenters. The summed E-state index contributed by atoms with van der Waals surface area (Å²) in [7, 11) is 4.74. The second-order valence-electron chi connectivity index (χ2n) is 10.0. The molecule has 0 radical (unpaired) electrons. The van der Waals surface area contributed by atoms with E-state index in [2.05, 4.69) is 10.2 Å². The fourth-order valence-electron chi connectivity index (χ4n) is 5.76. The summed E-state index contributed by atoms with van der Waals surface area (Å²) in [5, 5.41) is 2.95. The van der Waals surface area contributed by atoms with E-state index >= 15 is 0 Å². The van der Waals surface area contributed by atoms with Gasteiger partial charge < -0.3 is 24.4 Å². The molecule has 1 saturated heterocycles. The molecular formula is C28H40N4O6. The molecule has 3 aliphatic rings. The Kier molecular flexibility index (Phi) is 9.14. The van der Waals surface area contributed by atoms with E-state index in [0.29, 0.717) is 48.0 Å². The number of para-hydroxylation sites is 1. The number of nitrogens with zero attached hydrogens (tertiary/aromatic N) is 3. The van der Waals surface area contributed by atoms with Gasteiger partial charge >= 0.3 is 12.0 Å². The van der Waals surface area contributed by atoms with Crippen molar-refractivity contribution in [2.24, 2.45) is 5.92 Å². The third-order valence-corrected chi connectivity index (χ3v) is 7.79. The van der Waals surface area contributed by atoms with Crippen LogP contribution in [0.15, 0.2) is 29.5 Å². The van der Waals surface area contributed by atoms with E-state index in [0.717, 1.165) is 45.2 Å². The number of likely N-dealkylation sites (N-methyl/N-ethyl adjacent to an activating group) is 1. The van der Waals surface area contributed by atoms with Gasteiger partial charge in [0.15, 0.2) is 11.5 Å². The lowest BCUT2D eigenvalue weighted by atomic mass is 9.93. The summed E-state index contributed by atoms with van der Waals surface area (Å²) in [6, 6.07) is 4.28. The summed E-state index contributed by atoms with van der Waals surface area (Å²) in [5.74, 6) is 0.892. The highest BCUT2D eigenvalue weighted by molar-refractivity contribution is 5.95. The van der Waals surface area contributed by atoms with Crippen LogP contribution < -0.4 is 14.8 Å². The van der Waals surface area contributed by atoms with E-state index in [1.165, 1.54) is 12.0 Å². The quantitative estimate of drug-likeness (QED) is 0.518. The minimum Gasteiger partial charge on any atom is -0.493 e. The molecule has 1 atom stereocenters. The topological polar surface area (TPSA) is 101 Å². The largest absolute Gasteiger partial charge is 0.493 e. The van der Waals surface area contributed by atoms with Crippen molar-refractivity contribution in [1.29, 1.82) is 0 Å². The Morgan fingerprint density at radius 2 is 1.79 bits per heavy atom.